The Morgan fingerprint density at radius 1 is 1.20 bits per heavy atom. The summed E-state index contributed by atoms with van der Waals surface area (Å²) in [6.07, 6.45) is 0. The third-order valence-electron chi connectivity index (χ3n) is 3.20. The quantitative estimate of drug-likeness (QED) is 0.825. The van der Waals surface area contributed by atoms with E-state index in [2.05, 4.69) is 66.0 Å². The second-order valence-electron chi connectivity index (χ2n) is 4.75. The highest BCUT2D eigenvalue weighted by atomic mass is 32.2. The monoisotopic (exact) mass is 290 g/mol. The van der Waals surface area contributed by atoms with E-state index in [1.54, 1.807) is 11.8 Å². The fourth-order valence-corrected chi connectivity index (χ4v) is 2.94. The summed E-state index contributed by atoms with van der Waals surface area (Å²) in [5.41, 5.74) is 3.70. The van der Waals surface area contributed by atoms with Crippen LogP contribution in [0.5, 0.6) is 0 Å². The highest BCUT2D eigenvalue weighted by molar-refractivity contribution is 7.99. The summed E-state index contributed by atoms with van der Waals surface area (Å²) in [4.78, 5) is 0. The molecule has 108 valence electrons. The van der Waals surface area contributed by atoms with E-state index in [9.17, 15) is 0 Å². The molecule has 0 saturated carbocycles. The molecule has 0 amide bonds. The Labute approximate surface area is 125 Å². The number of hydrogen-bond acceptors (Lipinski definition) is 4. The van der Waals surface area contributed by atoms with E-state index in [4.69, 9.17) is 0 Å². The van der Waals surface area contributed by atoms with E-state index in [1.807, 2.05) is 0 Å². The summed E-state index contributed by atoms with van der Waals surface area (Å²) >= 11 is 1.74. The molecule has 0 fully saturated rings. The first-order valence-electron chi connectivity index (χ1n) is 7.01. The number of nitrogens with one attached hydrogen (secondary N) is 1. The maximum Gasteiger partial charge on any atom is 0.191 e. The van der Waals surface area contributed by atoms with Crippen LogP contribution in [0.3, 0.4) is 0 Å². The lowest BCUT2D eigenvalue weighted by Gasteiger charge is -2.11. The van der Waals surface area contributed by atoms with Gasteiger partial charge in [-0.15, -0.1) is 10.2 Å². The standard InChI is InChI=1S/C15H22N4S/c1-5-19-14(17-18-15(19)20-6-2)10-16-13-8-7-11(3)9-12(13)4/h7-9,16H,5-6,10H2,1-4H3. The minimum Gasteiger partial charge on any atom is -0.378 e. The van der Waals surface area contributed by atoms with Crippen molar-refractivity contribution in [3.05, 3.63) is 35.2 Å². The van der Waals surface area contributed by atoms with Gasteiger partial charge >= 0.3 is 0 Å². The fraction of sp³-hybridized carbons (Fsp3) is 0.467. The number of nitrogens with zero attached hydrogens (tertiary/aromatic N) is 3. The van der Waals surface area contributed by atoms with Gasteiger partial charge in [0.15, 0.2) is 11.0 Å². The van der Waals surface area contributed by atoms with Crippen LogP contribution in [0.1, 0.15) is 30.8 Å². The van der Waals surface area contributed by atoms with E-state index in [1.165, 1.54) is 11.1 Å². The van der Waals surface area contributed by atoms with Gasteiger partial charge in [0.25, 0.3) is 0 Å². The second-order valence-corrected chi connectivity index (χ2v) is 5.98. The van der Waals surface area contributed by atoms with Gasteiger partial charge in [-0.25, -0.2) is 0 Å². The maximum absolute atomic E-state index is 4.30. The van der Waals surface area contributed by atoms with Crippen molar-refractivity contribution in [3.8, 4) is 0 Å². The summed E-state index contributed by atoms with van der Waals surface area (Å²) in [5, 5.41) is 13.0. The first-order chi connectivity index (χ1) is 9.65. The number of thioether (sulfide) groups is 1. The van der Waals surface area contributed by atoms with Crippen LogP contribution in [0.4, 0.5) is 5.69 Å². The zero-order valence-electron chi connectivity index (χ0n) is 12.6. The Morgan fingerprint density at radius 2 is 2.00 bits per heavy atom. The van der Waals surface area contributed by atoms with E-state index in [0.29, 0.717) is 6.54 Å². The lowest BCUT2D eigenvalue weighted by molar-refractivity contribution is 0.648. The molecule has 5 heteroatoms. The van der Waals surface area contributed by atoms with Crippen LogP contribution in [-0.2, 0) is 13.1 Å². The summed E-state index contributed by atoms with van der Waals surface area (Å²) in [5.74, 6) is 2.01. The maximum atomic E-state index is 4.30. The van der Waals surface area contributed by atoms with Crippen molar-refractivity contribution >= 4 is 17.4 Å². The molecule has 0 saturated heterocycles. The predicted octanol–water partition coefficient (Wildman–Crippen LogP) is 3.64. The number of anilines is 1. The van der Waals surface area contributed by atoms with Gasteiger partial charge in [0.2, 0.25) is 0 Å². The normalized spacial score (nSPS) is 10.8. The van der Waals surface area contributed by atoms with Gasteiger partial charge in [0.05, 0.1) is 6.54 Å². The van der Waals surface area contributed by atoms with Crippen molar-refractivity contribution in [3.63, 3.8) is 0 Å². The molecule has 1 aromatic carbocycles. The minimum absolute atomic E-state index is 0.703. The number of hydrogen-bond donors (Lipinski definition) is 1. The molecule has 4 nitrogen and oxygen atoms in total. The van der Waals surface area contributed by atoms with Gasteiger partial charge in [-0.3, -0.25) is 0 Å². The third-order valence-corrected chi connectivity index (χ3v) is 4.05. The van der Waals surface area contributed by atoms with Gasteiger partial charge in [-0.1, -0.05) is 36.4 Å². The molecular weight excluding hydrogens is 268 g/mol. The van der Waals surface area contributed by atoms with E-state index >= 15 is 0 Å². The molecule has 1 N–H and O–H groups in total. The van der Waals surface area contributed by atoms with Crippen molar-refractivity contribution in [1.82, 2.24) is 14.8 Å². The second kappa shape index (κ2) is 6.79. The fourth-order valence-electron chi connectivity index (χ4n) is 2.19. The molecule has 0 unspecified atom stereocenters. The van der Waals surface area contributed by atoms with Crippen molar-refractivity contribution in [1.29, 1.82) is 0 Å². The average molecular weight is 290 g/mol. The molecule has 0 aliphatic heterocycles. The molecule has 1 heterocycles. The zero-order chi connectivity index (χ0) is 14.5. The topological polar surface area (TPSA) is 42.7 Å². The number of rotatable bonds is 6. The Morgan fingerprint density at radius 3 is 2.65 bits per heavy atom. The Kier molecular flexibility index (Phi) is 5.06. The molecule has 0 aliphatic carbocycles. The van der Waals surface area contributed by atoms with Crippen molar-refractivity contribution in [2.45, 2.75) is 45.9 Å². The molecule has 0 radical (unpaired) electrons. The SMILES string of the molecule is CCSc1nnc(CNc2ccc(C)cc2C)n1CC. The molecule has 0 aliphatic rings. The minimum atomic E-state index is 0.703. The Balaban J connectivity index is 2.10. The summed E-state index contributed by atoms with van der Waals surface area (Å²) in [7, 11) is 0. The highest BCUT2D eigenvalue weighted by Gasteiger charge is 2.10. The van der Waals surface area contributed by atoms with Crippen molar-refractivity contribution in [2.24, 2.45) is 0 Å². The van der Waals surface area contributed by atoms with Gasteiger partial charge in [-0.05, 0) is 38.2 Å². The molecule has 1 aromatic heterocycles. The Bertz CT molecular complexity index is 577. The predicted molar refractivity (Wildman–Crippen MR) is 85.3 cm³/mol. The van der Waals surface area contributed by atoms with E-state index in [-0.39, 0.29) is 0 Å². The lowest BCUT2D eigenvalue weighted by atomic mass is 10.1. The van der Waals surface area contributed by atoms with Crippen LogP contribution in [0.25, 0.3) is 0 Å². The number of benzene rings is 1. The van der Waals surface area contributed by atoms with Crippen LogP contribution < -0.4 is 5.32 Å². The molecule has 0 spiro atoms. The van der Waals surface area contributed by atoms with Crippen molar-refractivity contribution in [2.75, 3.05) is 11.1 Å². The van der Waals surface area contributed by atoms with Crippen LogP contribution >= 0.6 is 11.8 Å². The van der Waals surface area contributed by atoms with Gasteiger partial charge in [0, 0.05) is 12.2 Å². The molecular formula is C15H22N4S. The highest BCUT2D eigenvalue weighted by Crippen LogP contribution is 2.19. The molecule has 2 aromatic rings. The third kappa shape index (κ3) is 3.33. The number of aryl methyl sites for hydroxylation is 2. The first-order valence-corrected chi connectivity index (χ1v) is 8.00. The molecule has 0 atom stereocenters. The summed E-state index contributed by atoms with van der Waals surface area (Å²) < 4.78 is 2.17. The van der Waals surface area contributed by atoms with Crippen molar-refractivity contribution < 1.29 is 0 Å². The lowest BCUT2D eigenvalue weighted by Crippen LogP contribution is -2.09. The summed E-state index contributed by atoms with van der Waals surface area (Å²) in [6, 6.07) is 6.43. The van der Waals surface area contributed by atoms with E-state index in [0.717, 1.165) is 29.0 Å². The smallest absolute Gasteiger partial charge is 0.191 e. The Hall–Kier alpha value is -1.49. The molecule has 0 bridgehead atoms. The van der Waals surface area contributed by atoms with Crippen LogP contribution in [0.2, 0.25) is 0 Å². The first kappa shape index (κ1) is 14.9. The van der Waals surface area contributed by atoms with Crippen LogP contribution in [0.15, 0.2) is 23.4 Å². The van der Waals surface area contributed by atoms with Gasteiger partial charge in [0.1, 0.15) is 0 Å². The van der Waals surface area contributed by atoms with Gasteiger partial charge < -0.3 is 9.88 Å². The number of aromatic nitrogens is 3. The van der Waals surface area contributed by atoms with Crippen LogP contribution in [0, 0.1) is 13.8 Å². The molecule has 20 heavy (non-hydrogen) atoms. The van der Waals surface area contributed by atoms with Gasteiger partial charge in [-0.2, -0.15) is 0 Å². The largest absolute Gasteiger partial charge is 0.378 e. The van der Waals surface area contributed by atoms with E-state index < -0.39 is 0 Å². The van der Waals surface area contributed by atoms with Crippen LogP contribution in [-0.4, -0.2) is 20.5 Å². The summed E-state index contributed by atoms with van der Waals surface area (Å²) in [6.45, 7) is 10.1. The molecule has 2 rings (SSSR count). The zero-order valence-corrected chi connectivity index (χ0v) is 13.4. The average Bonchev–Trinajstić information content (AvgIpc) is 2.80.